The molecule has 6 aromatic rings. The summed E-state index contributed by atoms with van der Waals surface area (Å²) in [7, 11) is 0. The Morgan fingerprint density at radius 2 is 1.87 bits per heavy atom. The maximum Gasteiger partial charge on any atom is 0.453 e. The molecule has 1 fully saturated rings. The van der Waals surface area contributed by atoms with Gasteiger partial charge in [0.05, 0.1) is 28.3 Å². The van der Waals surface area contributed by atoms with Crippen molar-refractivity contribution in [3.8, 4) is 22.7 Å². The zero-order valence-corrected chi connectivity index (χ0v) is 30.0. The Bertz CT molecular complexity index is 2440. The van der Waals surface area contributed by atoms with Gasteiger partial charge in [-0.1, -0.05) is 6.07 Å². The summed E-state index contributed by atoms with van der Waals surface area (Å²) in [6, 6.07) is 10.3. The number of imidazole rings is 1. The molecule has 2 atom stereocenters. The number of aromatic nitrogens is 7. The van der Waals surface area contributed by atoms with E-state index in [0.717, 1.165) is 17.6 Å². The molecule has 16 nitrogen and oxygen atoms in total. The van der Waals surface area contributed by atoms with E-state index in [0.29, 0.717) is 66.2 Å². The van der Waals surface area contributed by atoms with Crippen LogP contribution in [0.4, 0.5) is 20.4 Å². The summed E-state index contributed by atoms with van der Waals surface area (Å²) in [5.41, 5.74) is 2.45. The molecular weight excluding hydrogens is 742 g/mol. The Morgan fingerprint density at radius 3 is 2.67 bits per heavy atom. The van der Waals surface area contributed by atoms with Gasteiger partial charge in [0, 0.05) is 56.5 Å². The number of benzene rings is 2. The zero-order chi connectivity index (χ0) is 38.6. The third-order valence-corrected chi connectivity index (χ3v) is 9.89. The van der Waals surface area contributed by atoms with E-state index in [2.05, 4.69) is 25.4 Å². The average Bonchev–Trinajstić information content (AvgIpc) is 3.83. The van der Waals surface area contributed by atoms with Gasteiger partial charge in [0.15, 0.2) is 11.4 Å². The zero-order valence-electron chi connectivity index (χ0n) is 29.3. The lowest BCUT2D eigenvalue weighted by molar-refractivity contribution is -0.419. The highest BCUT2D eigenvalue weighted by Crippen LogP contribution is 2.37. The van der Waals surface area contributed by atoms with Crippen molar-refractivity contribution in [1.29, 1.82) is 0 Å². The lowest BCUT2D eigenvalue weighted by Crippen LogP contribution is -2.47. The van der Waals surface area contributed by atoms with Crippen molar-refractivity contribution in [3.63, 3.8) is 0 Å². The largest absolute Gasteiger partial charge is 0.453 e. The fourth-order valence-electron chi connectivity index (χ4n) is 7.48. The monoisotopic (exact) mass is 776 g/mol. The first-order chi connectivity index (χ1) is 26.4. The van der Waals surface area contributed by atoms with Gasteiger partial charge in [-0.05, 0) is 68.1 Å². The molecule has 0 saturated carbocycles. The number of pyridine rings is 1. The molecule has 286 valence electrons. The minimum Gasteiger partial charge on any atom is -0.414 e. The minimum absolute atomic E-state index is 0.0262. The fourth-order valence-corrected chi connectivity index (χ4v) is 7.64. The molecule has 0 spiro atoms. The number of aliphatic hydroxyl groups is 4. The van der Waals surface area contributed by atoms with Crippen molar-refractivity contribution in [1.82, 2.24) is 39.2 Å². The van der Waals surface area contributed by atoms with Crippen LogP contribution in [0, 0.1) is 18.6 Å². The molecule has 19 heteroatoms. The number of carbonyl (C=O) groups excluding carboxylic acids is 1. The van der Waals surface area contributed by atoms with E-state index in [9.17, 15) is 34.0 Å². The number of fused-ring (bicyclic) bond motifs is 6. The summed E-state index contributed by atoms with van der Waals surface area (Å²) < 4.78 is 37.2. The van der Waals surface area contributed by atoms with E-state index in [-0.39, 0.29) is 54.1 Å². The molecule has 0 aliphatic carbocycles. The number of aliphatic hydroxyl groups excluding tert-OH is 1. The molecule has 1 amide bonds. The number of nitrogens with zero attached hydrogens (tertiary/aromatic N) is 9. The van der Waals surface area contributed by atoms with Crippen molar-refractivity contribution in [2.24, 2.45) is 0 Å². The van der Waals surface area contributed by atoms with Crippen molar-refractivity contribution >= 4 is 51.2 Å². The van der Waals surface area contributed by atoms with Crippen LogP contribution in [0.1, 0.15) is 25.1 Å². The van der Waals surface area contributed by atoms with Crippen LogP contribution in [-0.2, 0) is 11.3 Å². The number of amides is 1. The van der Waals surface area contributed by atoms with Crippen LogP contribution in [0.15, 0.2) is 54.7 Å². The van der Waals surface area contributed by atoms with Gasteiger partial charge in [0.1, 0.15) is 40.8 Å². The maximum absolute atomic E-state index is 15.0. The first kappa shape index (κ1) is 36.4. The molecule has 0 radical (unpaired) electrons. The maximum atomic E-state index is 15.0. The Labute approximate surface area is 316 Å². The number of rotatable bonds is 7. The molecule has 2 aliphatic rings. The van der Waals surface area contributed by atoms with Gasteiger partial charge in [-0.2, -0.15) is 15.1 Å². The average molecular weight is 777 g/mol. The Hall–Kier alpha value is -5.53. The van der Waals surface area contributed by atoms with Crippen LogP contribution in [0.25, 0.3) is 39.0 Å². The Morgan fingerprint density at radius 1 is 1.04 bits per heavy atom. The van der Waals surface area contributed by atoms with Crippen molar-refractivity contribution in [2.45, 2.75) is 51.0 Å². The molecule has 4 aromatic heterocycles. The van der Waals surface area contributed by atoms with Crippen LogP contribution >= 0.6 is 11.6 Å². The second-order valence-electron chi connectivity index (χ2n) is 13.4. The highest BCUT2D eigenvalue weighted by molar-refractivity contribution is 6.28. The highest BCUT2D eigenvalue weighted by atomic mass is 35.5. The van der Waals surface area contributed by atoms with Gasteiger partial charge < -0.3 is 44.8 Å². The predicted octanol–water partition coefficient (Wildman–Crippen LogP) is 3.11. The third kappa shape index (κ3) is 7.09. The lowest BCUT2D eigenvalue weighted by Gasteiger charge is -2.31. The standard InChI is InChI=1S/C36H35ClF2N10O6/c1-19-41-26-14-21(39)13-23-25-5-2-6-30(43-25)42-22-16-28(34(51)46(10-4-12-50)9-3-11-47(19)31(23)26)48(18-22)32-24-17-40-49(33(24)45-35(37)44-32)27-8-7-20(38)15-29(27)55-36(52,53)54/h2,5-8,13-15,17,22,28,50,52-54H,3-4,9-12,16,18H2,1H3,(H,42,43). The molecule has 2 aromatic carbocycles. The number of anilines is 2. The van der Waals surface area contributed by atoms with Crippen molar-refractivity contribution < 1.29 is 38.7 Å². The number of aryl methyl sites for hydroxylation is 2. The molecular formula is C36H35ClF2N10O6. The number of halogens is 3. The summed E-state index contributed by atoms with van der Waals surface area (Å²) in [5.74, 6) is -0.480. The molecule has 1 saturated heterocycles. The van der Waals surface area contributed by atoms with Crippen molar-refractivity contribution in [2.75, 3.05) is 36.5 Å². The van der Waals surface area contributed by atoms with Crippen LogP contribution in [0.5, 0.6) is 5.75 Å². The van der Waals surface area contributed by atoms with Crippen LogP contribution < -0.4 is 15.0 Å². The normalized spacial score (nSPS) is 17.8. The topological polar surface area (TPSA) is 200 Å². The summed E-state index contributed by atoms with van der Waals surface area (Å²) in [6.45, 7) is 3.07. The van der Waals surface area contributed by atoms with Gasteiger partial charge in [-0.25, -0.2) is 23.4 Å². The van der Waals surface area contributed by atoms with Crippen LogP contribution in [0.3, 0.4) is 0 Å². The van der Waals surface area contributed by atoms with E-state index in [4.69, 9.17) is 21.3 Å². The molecule has 4 bridgehead atoms. The number of nitrogens with one attached hydrogen (secondary N) is 1. The predicted molar refractivity (Wildman–Crippen MR) is 195 cm³/mol. The number of hydrogen-bond donors (Lipinski definition) is 5. The summed E-state index contributed by atoms with van der Waals surface area (Å²) >= 11 is 6.53. The van der Waals surface area contributed by atoms with E-state index in [1.54, 1.807) is 15.9 Å². The Kier molecular flexibility index (Phi) is 9.46. The van der Waals surface area contributed by atoms with Crippen molar-refractivity contribution in [3.05, 3.63) is 77.5 Å². The summed E-state index contributed by atoms with van der Waals surface area (Å²) in [5, 5.41) is 46.3. The number of carbonyl (C=O) groups is 1. The first-order valence-corrected chi connectivity index (χ1v) is 17.9. The highest BCUT2D eigenvalue weighted by Gasteiger charge is 2.41. The second-order valence-corrected chi connectivity index (χ2v) is 13.8. The smallest absolute Gasteiger partial charge is 0.414 e. The molecule has 55 heavy (non-hydrogen) atoms. The Balaban J connectivity index is 1.23. The van der Waals surface area contributed by atoms with E-state index < -0.39 is 29.6 Å². The first-order valence-electron chi connectivity index (χ1n) is 17.5. The van der Waals surface area contributed by atoms with E-state index in [1.165, 1.54) is 29.1 Å². The molecule has 5 N–H and O–H groups in total. The van der Waals surface area contributed by atoms with Gasteiger partial charge in [0.2, 0.25) is 11.2 Å². The lowest BCUT2D eigenvalue weighted by atomic mass is 10.1. The fraction of sp³-hybridized carbons (Fsp3) is 0.333. The van der Waals surface area contributed by atoms with Gasteiger partial charge in [-0.15, -0.1) is 0 Å². The third-order valence-electron chi connectivity index (χ3n) is 9.72. The molecule has 6 heterocycles. The molecule has 2 aliphatic heterocycles. The minimum atomic E-state index is -3.63. The number of hydrogen-bond acceptors (Lipinski definition) is 13. The SMILES string of the molecule is Cc1nc2cc(F)cc3c2n1CCCN(CCCO)C(=O)C1CC(CN1c1nc(Cl)nc2c1cnn2-c1ccc(F)cc1OC(O)(O)O)Nc1cccc-3n1. The molecule has 2 unspecified atom stereocenters. The van der Waals surface area contributed by atoms with Gasteiger partial charge >= 0.3 is 6.16 Å². The summed E-state index contributed by atoms with van der Waals surface area (Å²) in [6.07, 6.45) is -1.02. The van der Waals surface area contributed by atoms with E-state index in [1.807, 2.05) is 23.6 Å². The summed E-state index contributed by atoms with van der Waals surface area (Å²) in [4.78, 5) is 36.6. The number of ether oxygens (including phenoxy) is 1. The molecule has 8 rings (SSSR count). The quantitative estimate of drug-likeness (QED) is 0.117. The van der Waals surface area contributed by atoms with Gasteiger partial charge in [0.25, 0.3) is 0 Å². The second kappa shape index (κ2) is 14.3. The van der Waals surface area contributed by atoms with E-state index >= 15 is 0 Å². The van der Waals surface area contributed by atoms with Crippen LogP contribution in [-0.4, -0.2) is 110 Å². The van der Waals surface area contributed by atoms with Gasteiger partial charge in [-0.3, -0.25) is 4.79 Å². The van der Waals surface area contributed by atoms with Crippen LogP contribution in [0.2, 0.25) is 5.28 Å².